The minimum Gasteiger partial charge on any atom is -0.481 e. The van der Waals surface area contributed by atoms with Gasteiger partial charge in [0, 0.05) is 11.6 Å². The van der Waals surface area contributed by atoms with E-state index in [9.17, 15) is 19.1 Å². The number of halogens is 2. The molecular weight excluding hydrogens is 397 g/mol. The lowest BCUT2D eigenvalue weighted by Crippen LogP contribution is -2.52. The summed E-state index contributed by atoms with van der Waals surface area (Å²) >= 11 is 6.18. The van der Waals surface area contributed by atoms with Crippen LogP contribution in [-0.2, 0) is 14.3 Å². The van der Waals surface area contributed by atoms with Gasteiger partial charge in [0.2, 0.25) is 0 Å². The van der Waals surface area contributed by atoms with E-state index in [1.165, 1.54) is 12.1 Å². The largest absolute Gasteiger partial charge is 0.481 e. The zero-order chi connectivity index (χ0) is 20.5. The third-order valence-corrected chi connectivity index (χ3v) is 5.63. The fourth-order valence-electron chi connectivity index (χ4n) is 3.83. The van der Waals surface area contributed by atoms with E-state index in [1.807, 2.05) is 6.07 Å². The molecule has 0 radical (unpaired) electrons. The third-order valence-electron chi connectivity index (χ3n) is 5.39. The normalized spacial score (nSPS) is 24.6. The maximum Gasteiger partial charge on any atom is 0.306 e. The minimum atomic E-state index is -1.10. The Bertz CT molecular complexity index is 915. The monoisotopic (exact) mass is 417 g/mol. The Morgan fingerprint density at radius 2 is 1.90 bits per heavy atom. The highest BCUT2D eigenvalue weighted by Crippen LogP contribution is 2.45. The number of nitrogens with zero attached hydrogens (tertiary/aromatic N) is 1. The molecular formula is C22H21ClFNO4. The zero-order valence-corrected chi connectivity index (χ0v) is 16.4. The summed E-state index contributed by atoms with van der Waals surface area (Å²) in [6.45, 7) is 0.525. The van der Waals surface area contributed by atoms with Crippen LogP contribution in [0.4, 0.5) is 4.39 Å². The Hall–Kier alpha value is -2.44. The number of amides is 1. The topological polar surface area (TPSA) is 66.8 Å². The van der Waals surface area contributed by atoms with Crippen LogP contribution in [-0.4, -0.2) is 34.5 Å². The molecule has 2 aliphatic rings. The molecule has 1 saturated carbocycles. The van der Waals surface area contributed by atoms with Crippen molar-refractivity contribution in [2.75, 3.05) is 6.54 Å². The number of carboxylic acid groups (broad SMARTS) is 1. The van der Waals surface area contributed by atoms with E-state index in [0.29, 0.717) is 17.5 Å². The quantitative estimate of drug-likeness (QED) is 0.757. The van der Waals surface area contributed by atoms with Crippen molar-refractivity contribution in [3.8, 4) is 0 Å². The van der Waals surface area contributed by atoms with E-state index in [2.05, 4.69) is 0 Å². The van der Waals surface area contributed by atoms with Crippen LogP contribution in [0.15, 0.2) is 48.5 Å². The molecule has 0 spiro atoms. The first-order valence-corrected chi connectivity index (χ1v) is 9.99. The van der Waals surface area contributed by atoms with Crippen molar-refractivity contribution in [1.29, 1.82) is 0 Å². The number of aliphatic carboxylic acids is 1. The summed E-state index contributed by atoms with van der Waals surface area (Å²) in [7, 11) is 0. The van der Waals surface area contributed by atoms with Crippen molar-refractivity contribution in [1.82, 2.24) is 4.90 Å². The molecule has 7 heteroatoms. The van der Waals surface area contributed by atoms with Crippen molar-refractivity contribution in [2.24, 2.45) is 5.92 Å². The number of hydrogen-bond acceptors (Lipinski definition) is 3. The molecule has 2 fully saturated rings. The molecule has 29 heavy (non-hydrogen) atoms. The average molecular weight is 418 g/mol. The van der Waals surface area contributed by atoms with E-state index in [-0.39, 0.29) is 11.7 Å². The van der Waals surface area contributed by atoms with Gasteiger partial charge in [0.15, 0.2) is 0 Å². The second kappa shape index (κ2) is 8.13. The molecule has 2 aromatic rings. The Morgan fingerprint density at radius 3 is 2.52 bits per heavy atom. The summed E-state index contributed by atoms with van der Waals surface area (Å²) in [4.78, 5) is 26.2. The van der Waals surface area contributed by atoms with Gasteiger partial charge in [0.1, 0.15) is 18.0 Å². The first-order chi connectivity index (χ1) is 13.9. The number of ether oxygens (including phenoxy) is 1. The van der Waals surface area contributed by atoms with E-state index < -0.39 is 30.6 Å². The Labute approximate surface area is 173 Å². The molecule has 2 aromatic carbocycles. The van der Waals surface area contributed by atoms with Gasteiger partial charge in [-0.05, 0) is 54.2 Å². The molecule has 1 aliphatic carbocycles. The molecule has 1 heterocycles. The van der Waals surface area contributed by atoms with Gasteiger partial charge in [-0.3, -0.25) is 9.59 Å². The number of carbonyl (C=O) groups is 2. The second-order valence-electron chi connectivity index (χ2n) is 7.63. The van der Waals surface area contributed by atoms with Crippen LogP contribution in [0, 0.1) is 11.7 Å². The lowest BCUT2D eigenvalue weighted by molar-refractivity contribution is -0.179. The number of benzene rings is 2. The third kappa shape index (κ3) is 4.43. The summed E-state index contributed by atoms with van der Waals surface area (Å²) in [6, 6.07) is 12.6. The summed E-state index contributed by atoms with van der Waals surface area (Å²) < 4.78 is 19.6. The number of rotatable bonds is 6. The number of morpholine rings is 1. The standard InChI is InChI=1S/C22H21ClFNO4/c23-16-3-1-2-15(10-16)21-20(14-6-8-17(24)9-7-14)25(12-13-4-5-13)22(28)18(29-21)11-19(26)27/h1-3,6-10,13,18,20-21H,4-5,11-12H2,(H,26,27)/t18-,20+,21+/m0/s1. The van der Waals surface area contributed by atoms with Crippen molar-refractivity contribution in [3.63, 3.8) is 0 Å². The van der Waals surface area contributed by atoms with Crippen molar-refractivity contribution >= 4 is 23.5 Å². The van der Waals surface area contributed by atoms with Crippen molar-refractivity contribution < 1.29 is 23.8 Å². The number of carbonyl (C=O) groups excluding carboxylic acids is 1. The number of carboxylic acids is 1. The van der Waals surface area contributed by atoms with Crippen LogP contribution in [0.5, 0.6) is 0 Å². The van der Waals surface area contributed by atoms with Gasteiger partial charge in [-0.2, -0.15) is 0 Å². The Kier molecular flexibility index (Phi) is 5.56. The fraction of sp³-hybridized carbons (Fsp3) is 0.364. The SMILES string of the molecule is O=C(O)C[C@@H]1O[C@H](c2cccc(Cl)c2)[C@@H](c2ccc(F)cc2)N(CC2CC2)C1=O. The predicted molar refractivity (Wildman–Crippen MR) is 105 cm³/mol. The molecule has 0 aromatic heterocycles. The van der Waals surface area contributed by atoms with Crippen LogP contribution in [0.1, 0.15) is 42.5 Å². The highest BCUT2D eigenvalue weighted by molar-refractivity contribution is 6.30. The van der Waals surface area contributed by atoms with Crippen LogP contribution in [0.3, 0.4) is 0 Å². The van der Waals surface area contributed by atoms with Gasteiger partial charge in [-0.25, -0.2) is 4.39 Å². The average Bonchev–Trinajstić information content (AvgIpc) is 3.49. The molecule has 0 bridgehead atoms. The lowest BCUT2D eigenvalue weighted by atomic mass is 9.91. The molecule has 1 aliphatic heterocycles. The molecule has 152 valence electrons. The van der Waals surface area contributed by atoms with Crippen LogP contribution in [0.25, 0.3) is 0 Å². The lowest BCUT2D eigenvalue weighted by Gasteiger charge is -2.44. The minimum absolute atomic E-state index is 0.341. The molecule has 0 unspecified atom stereocenters. The van der Waals surface area contributed by atoms with Crippen LogP contribution >= 0.6 is 11.6 Å². The molecule has 1 N–H and O–H groups in total. The summed E-state index contributed by atoms with van der Waals surface area (Å²) in [5.74, 6) is -1.41. The van der Waals surface area contributed by atoms with E-state index in [1.54, 1.807) is 35.2 Å². The van der Waals surface area contributed by atoms with Gasteiger partial charge < -0.3 is 14.7 Å². The predicted octanol–water partition coefficient (Wildman–Crippen LogP) is 4.37. The highest BCUT2D eigenvalue weighted by Gasteiger charge is 2.46. The van der Waals surface area contributed by atoms with Crippen molar-refractivity contribution in [2.45, 2.75) is 37.5 Å². The molecule has 1 amide bonds. The maximum absolute atomic E-state index is 13.5. The smallest absolute Gasteiger partial charge is 0.306 e. The summed E-state index contributed by atoms with van der Waals surface area (Å²) in [6.07, 6.45) is -0.0297. The molecule has 3 atom stereocenters. The van der Waals surface area contributed by atoms with Gasteiger partial charge in [-0.15, -0.1) is 0 Å². The molecule has 1 saturated heterocycles. The first kappa shape index (κ1) is 19.9. The van der Waals surface area contributed by atoms with E-state index in [0.717, 1.165) is 24.0 Å². The van der Waals surface area contributed by atoms with Gasteiger partial charge in [0.25, 0.3) is 5.91 Å². The van der Waals surface area contributed by atoms with Crippen molar-refractivity contribution in [3.05, 3.63) is 70.5 Å². The Balaban J connectivity index is 1.78. The Morgan fingerprint density at radius 1 is 1.17 bits per heavy atom. The fourth-order valence-corrected chi connectivity index (χ4v) is 4.03. The van der Waals surface area contributed by atoms with Crippen LogP contribution < -0.4 is 0 Å². The maximum atomic E-state index is 13.5. The van der Waals surface area contributed by atoms with E-state index >= 15 is 0 Å². The van der Waals surface area contributed by atoms with E-state index in [4.69, 9.17) is 16.3 Å². The zero-order valence-electron chi connectivity index (χ0n) is 15.6. The van der Waals surface area contributed by atoms with Crippen LogP contribution in [0.2, 0.25) is 5.02 Å². The van der Waals surface area contributed by atoms with Gasteiger partial charge in [0.05, 0.1) is 12.5 Å². The summed E-state index contributed by atoms with van der Waals surface area (Å²) in [5, 5.41) is 9.78. The second-order valence-corrected chi connectivity index (χ2v) is 8.06. The molecule has 5 nitrogen and oxygen atoms in total. The van der Waals surface area contributed by atoms with Gasteiger partial charge in [-0.1, -0.05) is 35.9 Å². The first-order valence-electron chi connectivity index (χ1n) is 9.61. The number of hydrogen-bond donors (Lipinski definition) is 1. The molecule has 4 rings (SSSR count). The summed E-state index contributed by atoms with van der Waals surface area (Å²) in [5.41, 5.74) is 1.48. The van der Waals surface area contributed by atoms with Gasteiger partial charge >= 0.3 is 5.97 Å². The highest BCUT2D eigenvalue weighted by atomic mass is 35.5.